The Kier molecular flexibility index (Phi) is 4.29. The third-order valence-electron chi connectivity index (χ3n) is 2.71. The van der Waals surface area contributed by atoms with E-state index in [0.717, 1.165) is 11.1 Å². The van der Waals surface area contributed by atoms with Crippen LogP contribution in [-0.2, 0) is 0 Å². The molecular weight excluding hydrogens is 236 g/mol. The number of carbonyl (C=O) groups excluding carboxylic acids is 1. The highest BCUT2D eigenvalue weighted by Gasteiger charge is 2.02. The first-order valence-corrected chi connectivity index (χ1v) is 5.98. The number of hydrogen-bond acceptors (Lipinski definition) is 2. The van der Waals surface area contributed by atoms with Crippen molar-refractivity contribution in [1.29, 1.82) is 0 Å². The van der Waals surface area contributed by atoms with E-state index in [4.69, 9.17) is 0 Å². The smallest absolute Gasteiger partial charge is 0.153 e. The van der Waals surface area contributed by atoms with Crippen LogP contribution >= 0.6 is 0 Å². The van der Waals surface area contributed by atoms with E-state index in [-0.39, 0.29) is 5.75 Å². The number of aromatic hydroxyl groups is 1. The Labute approximate surface area is 112 Å². The molecule has 0 heterocycles. The lowest BCUT2D eigenvalue weighted by atomic mass is 10.0. The van der Waals surface area contributed by atoms with Crippen LogP contribution in [0.5, 0.6) is 5.75 Å². The number of phenolic OH excluding ortho intramolecular Hbond substituents is 1. The van der Waals surface area contributed by atoms with Crippen molar-refractivity contribution < 1.29 is 9.90 Å². The van der Waals surface area contributed by atoms with Crippen molar-refractivity contribution in [2.24, 2.45) is 0 Å². The quantitative estimate of drug-likeness (QED) is 0.818. The van der Waals surface area contributed by atoms with Gasteiger partial charge in [-0.1, -0.05) is 60.7 Å². The maximum atomic E-state index is 10.9. The highest BCUT2D eigenvalue weighted by Crippen LogP contribution is 2.23. The predicted octanol–water partition coefficient (Wildman–Crippen LogP) is 4.00. The molecule has 0 saturated heterocycles. The van der Waals surface area contributed by atoms with Gasteiger partial charge < -0.3 is 5.11 Å². The van der Waals surface area contributed by atoms with E-state index in [2.05, 4.69) is 0 Å². The average Bonchev–Trinajstić information content (AvgIpc) is 2.45. The van der Waals surface area contributed by atoms with E-state index in [0.29, 0.717) is 11.8 Å². The molecule has 0 aliphatic heterocycles. The van der Waals surface area contributed by atoms with E-state index >= 15 is 0 Å². The van der Waals surface area contributed by atoms with Crippen molar-refractivity contribution >= 4 is 6.29 Å². The van der Waals surface area contributed by atoms with Crippen LogP contribution in [0, 0.1) is 0 Å². The van der Waals surface area contributed by atoms with Gasteiger partial charge in [0.05, 0.1) is 5.56 Å². The zero-order chi connectivity index (χ0) is 13.5. The van der Waals surface area contributed by atoms with Gasteiger partial charge in [0.2, 0.25) is 0 Å². The van der Waals surface area contributed by atoms with Crippen LogP contribution in [0.25, 0.3) is 11.1 Å². The molecule has 0 spiro atoms. The molecule has 0 radical (unpaired) electrons. The van der Waals surface area contributed by atoms with Crippen molar-refractivity contribution in [1.82, 2.24) is 0 Å². The fraction of sp³-hybridized carbons (Fsp3) is 0. The van der Waals surface area contributed by atoms with Crippen molar-refractivity contribution in [3.8, 4) is 16.9 Å². The Balaban J connectivity index is 2.55. The third kappa shape index (κ3) is 3.42. The van der Waals surface area contributed by atoms with E-state index < -0.39 is 0 Å². The van der Waals surface area contributed by atoms with Crippen LogP contribution in [-0.4, -0.2) is 11.4 Å². The van der Waals surface area contributed by atoms with E-state index in [1.807, 2.05) is 54.6 Å². The standard InChI is InChI=1S/C17H14O2/c18-13-16-12-15(10-11-17(16)19)14-8-6-4-2-1-3-5-7-9-14/h1-13,19H. The number of phenols is 1. The van der Waals surface area contributed by atoms with Crippen LogP contribution in [0.1, 0.15) is 10.4 Å². The molecule has 94 valence electrons. The monoisotopic (exact) mass is 250 g/mol. The van der Waals surface area contributed by atoms with Gasteiger partial charge in [0, 0.05) is 0 Å². The Hall–Kier alpha value is -2.61. The molecule has 0 saturated carbocycles. The molecule has 1 N–H and O–H groups in total. The summed E-state index contributed by atoms with van der Waals surface area (Å²) in [6.07, 6.45) is 0.655. The number of aldehydes is 1. The zero-order valence-electron chi connectivity index (χ0n) is 10.4. The van der Waals surface area contributed by atoms with Crippen molar-refractivity contribution in [3.05, 3.63) is 78.4 Å². The largest absolute Gasteiger partial charge is 0.507 e. The maximum absolute atomic E-state index is 10.9. The van der Waals surface area contributed by atoms with E-state index in [1.165, 1.54) is 6.07 Å². The summed E-state index contributed by atoms with van der Waals surface area (Å²) in [6.45, 7) is 0. The number of benzene rings is 1. The second-order valence-electron chi connectivity index (χ2n) is 4.03. The molecule has 0 bridgehead atoms. The summed E-state index contributed by atoms with van der Waals surface area (Å²) in [5.41, 5.74) is 2.15. The van der Waals surface area contributed by atoms with E-state index in [1.54, 1.807) is 12.1 Å². The molecule has 0 unspecified atom stereocenters. The minimum absolute atomic E-state index is 0.00145. The Morgan fingerprint density at radius 1 is 0.737 bits per heavy atom. The van der Waals surface area contributed by atoms with Crippen LogP contribution in [0.3, 0.4) is 0 Å². The molecule has 0 aliphatic carbocycles. The fourth-order valence-corrected chi connectivity index (χ4v) is 1.72. The minimum Gasteiger partial charge on any atom is -0.507 e. The molecule has 2 rings (SSSR count). The summed E-state index contributed by atoms with van der Waals surface area (Å²) in [5.74, 6) is 0.00145. The molecular formula is C17H14O2. The molecule has 2 aromatic carbocycles. The topological polar surface area (TPSA) is 37.3 Å². The van der Waals surface area contributed by atoms with Crippen molar-refractivity contribution in [2.75, 3.05) is 0 Å². The first-order chi connectivity index (χ1) is 9.31. The average molecular weight is 250 g/mol. The predicted molar refractivity (Wildman–Crippen MR) is 76.6 cm³/mol. The summed E-state index contributed by atoms with van der Waals surface area (Å²) >= 11 is 0. The summed E-state index contributed by atoms with van der Waals surface area (Å²) < 4.78 is 0. The molecule has 0 amide bonds. The van der Waals surface area contributed by atoms with Gasteiger partial charge in [-0.2, -0.15) is 0 Å². The minimum atomic E-state index is 0.00145. The van der Waals surface area contributed by atoms with Gasteiger partial charge in [0.1, 0.15) is 5.75 Å². The van der Waals surface area contributed by atoms with Gasteiger partial charge >= 0.3 is 0 Å². The lowest BCUT2D eigenvalue weighted by Crippen LogP contribution is -1.83. The lowest BCUT2D eigenvalue weighted by Gasteiger charge is -2.02. The van der Waals surface area contributed by atoms with Gasteiger partial charge in [-0.15, -0.1) is 0 Å². The summed E-state index contributed by atoms with van der Waals surface area (Å²) in [7, 11) is 0. The normalized spacial score (nSPS) is 9.47. The summed E-state index contributed by atoms with van der Waals surface area (Å²) in [4.78, 5) is 10.9. The van der Waals surface area contributed by atoms with Crippen LogP contribution in [0.4, 0.5) is 0 Å². The molecule has 2 heteroatoms. The SMILES string of the molecule is O=Cc1cc(-c2ccccccccc2)ccc1O. The van der Waals surface area contributed by atoms with Crippen molar-refractivity contribution in [3.63, 3.8) is 0 Å². The summed E-state index contributed by atoms with van der Waals surface area (Å²) in [6, 6.07) is 22.5. The van der Waals surface area contributed by atoms with Crippen LogP contribution in [0.2, 0.25) is 0 Å². The van der Waals surface area contributed by atoms with Crippen LogP contribution < -0.4 is 0 Å². The van der Waals surface area contributed by atoms with Gasteiger partial charge in [-0.25, -0.2) is 0 Å². The summed E-state index contributed by atoms with van der Waals surface area (Å²) in [5, 5.41) is 9.51. The highest BCUT2D eigenvalue weighted by molar-refractivity contribution is 5.82. The second-order valence-corrected chi connectivity index (χ2v) is 4.03. The second kappa shape index (κ2) is 6.36. The first kappa shape index (κ1) is 12.8. The molecule has 0 aliphatic rings. The Morgan fingerprint density at radius 3 is 1.89 bits per heavy atom. The number of rotatable bonds is 2. The van der Waals surface area contributed by atoms with Gasteiger partial charge in [0.25, 0.3) is 0 Å². The Bertz CT molecular complexity index is 607. The number of hydrogen-bond donors (Lipinski definition) is 1. The van der Waals surface area contributed by atoms with Gasteiger partial charge in [-0.05, 0) is 23.3 Å². The molecule has 2 aromatic rings. The molecule has 0 aromatic heterocycles. The van der Waals surface area contributed by atoms with E-state index in [9.17, 15) is 9.90 Å². The van der Waals surface area contributed by atoms with Gasteiger partial charge in [-0.3, -0.25) is 4.79 Å². The number of carbonyl (C=O) groups is 1. The maximum Gasteiger partial charge on any atom is 0.153 e. The lowest BCUT2D eigenvalue weighted by molar-refractivity contribution is 0.112. The first-order valence-electron chi connectivity index (χ1n) is 5.98. The molecule has 2 nitrogen and oxygen atoms in total. The zero-order valence-corrected chi connectivity index (χ0v) is 10.4. The highest BCUT2D eigenvalue weighted by atomic mass is 16.3. The van der Waals surface area contributed by atoms with Gasteiger partial charge in [0.15, 0.2) is 6.29 Å². The molecule has 0 atom stereocenters. The molecule has 19 heavy (non-hydrogen) atoms. The Morgan fingerprint density at radius 2 is 1.32 bits per heavy atom. The fourth-order valence-electron chi connectivity index (χ4n) is 1.72. The van der Waals surface area contributed by atoms with Crippen LogP contribution in [0.15, 0.2) is 72.8 Å². The third-order valence-corrected chi connectivity index (χ3v) is 2.71. The molecule has 0 fully saturated rings. The van der Waals surface area contributed by atoms with Crippen molar-refractivity contribution in [2.45, 2.75) is 0 Å².